The van der Waals surface area contributed by atoms with E-state index in [9.17, 15) is 27.4 Å². The van der Waals surface area contributed by atoms with Crippen LogP contribution < -0.4 is 0 Å². The van der Waals surface area contributed by atoms with E-state index in [-0.39, 0.29) is 0 Å². The van der Waals surface area contributed by atoms with Gasteiger partial charge in [-0.05, 0) is 76.6 Å². The topological polar surface area (TPSA) is 14.8 Å². The molecule has 12 aromatic rings. The van der Waals surface area contributed by atoms with Gasteiger partial charge in [-0.25, -0.2) is 0 Å². The summed E-state index contributed by atoms with van der Waals surface area (Å²) in [7, 11) is 0. The number of aromatic nitrogens is 3. The molecular formula is C54H35N3. The molecule has 0 atom stereocenters. The van der Waals surface area contributed by atoms with Crippen molar-refractivity contribution < 1.29 is 48.0 Å². The van der Waals surface area contributed by atoms with Gasteiger partial charge < -0.3 is 13.7 Å². The van der Waals surface area contributed by atoms with Gasteiger partial charge in [-0.3, -0.25) is 0 Å². The van der Waals surface area contributed by atoms with Crippen molar-refractivity contribution in [2.45, 2.75) is 0 Å². The van der Waals surface area contributed by atoms with Crippen LogP contribution in [-0.4, -0.2) is 13.7 Å². The Morgan fingerprint density at radius 1 is 0.281 bits per heavy atom. The standard InChI is InChI=1S/C54H35N3/c1-2-15-36(16-3-1)37-31-33-38(34-32-37)39-17-12-18-40(35-39)55-46-24-8-6-21-43(46)44-23-13-30-52(54(44)55)57-49-27-11-7-22-45(49)53-50(28-14-29-51(53)57)56-47-25-9-4-19-41(47)42-20-5-10-26-48(42)56/h1-35H/i1D,2D,3D,4D,5D,6D,7D,8D,9D,10D,11D,12D,13D,14D,15D,16D,17D,18D,19D,20D,21D,22D,23D,24D,25D,26D,27D,28D,29D,30D,31D,32D,33D,34D,35D. The first-order chi connectivity index (χ1) is 42.9. The van der Waals surface area contributed by atoms with Crippen LogP contribution in [0.15, 0.2) is 211 Å². The molecule has 57 heavy (non-hydrogen) atoms. The number of para-hydroxylation sites is 5. The molecule has 3 heterocycles. The summed E-state index contributed by atoms with van der Waals surface area (Å²) >= 11 is 0. The summed E-state index contributed by atoms with van der Waals surface area (Å²) in [6, 6.07) is -36.4. The van der Waals surface area contributed by atoms with Crippen molar-refractivity contribution in [2.24, 2.45) is 0 Å². The second kappa shape index (κ2) is 12.5. The van der Waals surface area contributed by atoms with Gasteiger partial charge in [0.1, 0.15) is 0 Å². The fraction of sp³-hybridized carbons (Fsp3) is 0. The lowest BCUT2D eigenvalue weighted by Crippen LogP contribution is -2.01. The van der Waals surface area contributed by atoms with Crippen molar-refractivity contribution in [1.82, 2.24) is 13.7 Å². The normalized spacial score (nSPS) is 20.5. The van der Waals surface area contributed by atoms with Crippen molar-refractivity contribution in [3.8, 4) is 39.3 Å². The van der Waals surface area contributed by atoms with Crippen molar-refractivity contribution in [2.75, 3.05) is 0 Å². The highest BCUT2D eigenvalue weighted by atomic mass is 15.1. The highest BCUT2D eigenvalue weighted by Gasteiger charge is 2.23. The Bertz CT molecular complexity index is 5450. The largest absolute Gasteiger partial charge is 0.309 e. The predicted octanol–water partition coefficient (Wildman–Crippen LogP) is 14.3. The van der Waals surface area contributed by atoms with Gasteiger partial charge in [0.05, 0.1) is 92.5 Å². The van der Waals surface area contributed by atoms with Crippen LogP contribution in [0.3, 0.4) is 0 Å². The molecule has 0 spiro atoms. The van der Waals surface area contributed by atoms with Gasteiger partial charge in [-0.2, -0.15) is 0 Å². The van der Waals surface area contributed by atoms with E-state index in [1.165, 1.54) is 0 Å². The molecular weight excluding hydrogens is 691 g/mol. The maximum absolute atomic E-state index is 10.0. The average molecular weight is 761 g/mol. The molecule has 0 fully saturated rings. The summed E-state index contributed by atoms with van der Waals surface area (Å²) in [5.74, 6) is 0. The first-order valence-electron chi connectivity index (χ1n) is 34.3. The molecule has 0 saturated heterocycles. The Balaban J connectivity index is 1.36. The molecule has 3 aromatic heterocycles. The van der Waals surface area contributed by atoms with E-state index in [1.807, 2.05) is 0 Å². The second-order valence-electron chi connectivity index (χ2n) is 12.3. The third kappa shape index (κ3) is 4.73. The quantitative estimate of drug-likeness (QED) is 0.166. The molecule has 0 saturated carbocycles. The first kappa shape index (κ1) is 12.7. The molecule has 3 nitrogen and oxygen atoms in total. The highest BCUT2D eigenvalue weighted by Crippen LogP contribution is 2.43. The third-order valence-corrected chi connectivity index (χ3v) is 9.34. The number of rotatable bonds is 5. The van der Waals surface area contributed by atoms with Gasteiger partial charge in [0.2, 0.25) is 0 Å². The van der Waals surface area contributed by atoms with E-state index in [0.717, 1.165) is 4.57 Å². The number of nitrogens with zero attached hydrogens (tertiary/aromatic N) is 3. The molecule has 0 aliphatic carbocycles. The minimum atomic E-state index is -1.24. The minimum absolute atomic E-state index is 0.565. The monoisotopic (exact) mass is 761 g/mol. The smallest absolute Gasteiger partial charge is 0.0782 e. The molecule has 0 radical (unpaired) electrons. The van der Waals surface area contributed by atoms with Crippen molar-refractivity contribution in [3.63, 3.8) is 0 Å². The Kier molecular flexibility index (Phi) is 2.78. The Morgan fingerprint density at radius 3 is 1.39 bits per heavy atom. The molecule has 0 aliphatic heterocycles. The Labute approximate surface area is 378 Å². The Hall–Kier alpha value is -7.62. The fourth-order valence-electron chi connectivity index (χ4n) is 7.04. The molecule has 12 rings (SSSR count). The van der Waals surface area contributed by atoms with Crippen LogP contribution >= 0.6 is 0 Å². The van der Waals surface area contributed by atoms with Gasteiger partial charge in [-0.1, -0.05) is 157 Å². The van der Waals surface area contributed by atoms with E-state index in [4.69, 9.17) is 20.6 Å². The van der Waals surface area contributed by atoms with Crippen LogP contribution in [0, 0.1) is 0 Å². The van der Waals surface area contributed by atoms with E-state index >= 15 is 0 Å². The molecule has 0 N–H and O–H groups in total. The molecule has 0 unspecified atom stereocenters. The molecule has 9 aromatic carbocycles. The van der Waals surface area contributed by atoms with E-state index < -0.39 is 316 Å². The maximum Gasteiger partial charge on any atom is 0.0782 e. The number of fused-ring (bicyclic) bond motifs is 9. The molecule has 0 amide bonds. The van der Waals surface area contributed by atoms with E-state index in [1.54, 1.807) is 0 Å². The zero-order valence-electron chi connectivity index (χ0n) is 63.3. The lowest BCUT2D eigenvalue weighted by atomic mass is 10.00. The van der Waals surface area contributed by atoms with Crippen LogP contribution in [0.25, 0.3) is 105 Å². The zero-order valence-corrected chi connectivity index (χ0v) is 28.3. The highest BCUT2D eigenvalue weighted by molar-refractivity contribution is 6.18. The number of benzene rings is 9. The molecule has 3 heteroatoms. The SMILES string of the molecule is [2H]c1c([2H])c([2H])c(-c2c([2H])c([2H])c(-c3c([2H])c([2H])c([2H])c(-n4c5c([2H])c([2H])c([2H])c([2H])c5c5c([2H])c([2H])c([2H])c(-n6c7c([2H])c([2H])c([2H])c([2H])c7c7c(-n8c9c([2H])c([2H])c([2H])c([2H])c9c9c([2H])c([2H])c([2H])c([2H])c98)c([2H])c([2H])c([2H])c76)c54)c3[2H])c([2H])c2[2H])c([2H])c1[2H]. The molecule has 0 bridgehead atoms. The number of hydrogen-bond donors (Lipinski definition) is 0. The summed E-state index contributed by atoms with van der Waals surface area (Å²) in [6.45, 7) is 0. The number of hydrogen-bond acceptors (Lipinski definition) is 0. The lowest BCUT2D eigenvalue weighted by molar-refractivity contribution is 1.13. The predicted molar refractivity (Wildman–Crippen MR) is 240 cm³/mol. The molecule has 266 valence electrons. The van der Waals surface area contributed by atoms with Gasteiger partial charge in [0.25, 0.3) is 0 Å². The van der Waals surface area contributed by atoms with Crippen molar-refractivity contribution in [1.29, 1.82) is 0 Å². The Morgan fingerprint density at radius 2 is 0.702 bits per heavy atom. The summed E-state index contributed by atoms with van der Waals surface area (Å²) in [4.78, 5) is 0. The minimum Gasteiger partial charge on any atom is -0.309 e. The zero-order chi connectivity index (χ0) is 67.9. The average Bonchev–Trinajstić information content (AvgIpc) is 1.50. The maximum atomic E-state index is 10.0. The summed E-state index contributed by atoms with van der Waals surface area (Å²) in [6.07, 6.45) is 0. The third-order valence-electron chi connectivity index (χ3n) is 9.34. The van der Waals surface area contributed by atoms with E-state index in [0.29, 0.717) is 9.13 Å². The van der Waals surface area contributed by atoms with Crippen LogP contribution in [0.5, 0.6) is 0 Å². The van der Waals surface area contributed by atoms with Gasteiger partial charge >= 0.3 is 0 Å². The summed E-state index contributed by atoms with van der Waals surface area (Å²) in [5.41, 5.74) is -11.4. The van der Waals surface area contributed by atoms with Gasteiger partial charge in [0, 0.05) is 38.0 Å². The first-order valence-corrected chi connectivity index (χ1v) is 16.8. The van der Waals surface area contributed by atoms with Crippen molar-refractivity contribution >= 4 is 65.4 Å². The van der Waals surface area contributed by atoms with Crippen molar-refractivity contribution in [3.05, 3.63) is 211 Å². The summed E-state index contributed by atoms with van der Waals surface area (Å²) in [5, 5.41) is -4.15. The van der Waals surface area contributed by atoms with Crippen LogP contribution in [-0.2, 0) is 0 Å². The van der Waals surface area contributed by atoms with Crippen LogP contribution in [0.4, 0.5) is 0 Å². The summed E-state index contributed by atoms with van der Waals surface area (Å²) < 4.78 is 323. The van der Waals surface area contributed by atoms with Gasteiger partial charge in [0.15, 0.2) is 0 Å². The second-order valence-corrected chi connectivity index (χ2v) is 12.3. The molecule has 0 aliphatic rings. The van der Waals surface area contributed by atoms with Crippen LogP contribution in [0.1, 0.15) is 48.0 Å². The fourth-order valence-corrected chi connectivity index (χ4v) is 7.04. The lowest BCUT2D eigenvalue weighted by Gasteiger charge is -2.15. The van der Waals surface area contributed by atoms with Gasteiger partial charge in [-0.15, -0.1) is 0 Å². The van der Waals surface area contributed by atoms with Crippen LogP contribution in [0.2, 0.25) is 0 Å². The van der Waals surface area contributed by atoms with E-state index in [2.05, 4.69) is 0 Å².